The molecule has 0 saturated carbocycles. The Morgan fingerprint density at radius 2 is 1.62 bits per heavy atom. The van der Waals surface area contributed by atoms with Gasteiger partial charge in [-0.2, -0.15) is 0 Å². The van der Waals surface area contributed by atoms with Gasteiger partial charge in [0.05, 0.1) is 6.42 Å². The molecule has 2 aromatic carbocycles. The van der Waals surface area contributed by atoms with Crippen LogP contribution in [0.25, 0.3) is 0 Å². The highest BCUT2D eigenvalue weighted by atomic mass is 16.2. The highest BCUT2D eigenvalue weighted by Crippen LogP contribution is 2.17. The topological polar surface area (TPSA) is 49.4 Å². The van der Waals surface area contributed by atoms with Gasteiger partial charge in [-0.15, -0.1) is 0 Å². The number of hydrogen-bond acceptors (Lipinski definition) is 2. The smallest absolute Gasteiger partial charge is 0.243 e. The monoisotopic (exact) mass is 394 g/mol. The Bertz CT molecular complexity index is 814. The molecule has 0 heterocycles. The number of carbonyl (C=O) groups excluding carboxylic acids is 2. The number of amides is 2. The van der Waals surface area contributed by atoms with Crippen LogP contribution < -0.4 is 5.32 Å². The van der Waals surface area contributed by atoms with Crippen molar-refractivity contribution in [2.75, 3.05) is 0 Å². The second kappa shape index (κ2) is 10.8. The molecule has 4 heteroatoms. The fourth-order valence-electron chi connectivity index (χ4n) is 3.31. The van der Waals surface area contributed by atoms with Crippen molar-refractivity contribution in [2.24, 2.45) is 0 Å². The third kappa shape index (κ3) is 6.45. The average molecular weight is 395 g/mol. The maximum Gasteiger partial charge on any atom is 0.243 e. The standard InChI is InChI=1S/C25H34N2O2/c1-6-20(5)26-25(29)23(7-2)27(17-22-11-9-8-10-19(22)4)24(28)16-21-14-12-18(3)13-15-21/h8-15,20,23H,6-7,16-17H2,1-5H3,(H,26,29)/t20-,23-/m0/s1. The number of aryl methyl sites for hydroxylation is 2. The molecular weight excluding hydrogens is 360 g/mol. The molecule has 2 amide bonds. The molecule has 2 atom stereocenters. The minimum absolute atomic E-state index is 0.0248. The van der Waals surface area contributed by atoms with Gasteiger partial charge in [-0.05, 0) is 50.3 Å². The molecule has 0 fully saturated rings. The maximum atomic E-state index is 13.3. The van der Waals surface area contributed by atoms with Crippen molar-refractivity contribution in [3.63, 3.8) is 0 Å². The van der Waals surface area contributed by atoms with Crippen LogP contribution in [0, 0.1) is 13.8 Å². The summed E-state index contributed by atoms with van der Waals surface area (Å²) in [7, 11) is 0. The second-order valence-electron chi connectivity index (χ2n) is 7.85. The van der Waals surface area contributed by atoms with Gasteiger partial charge in [0, 0.05) is 12.6 Å². The first-order valence-corrected chi connectivity index (χ1v) is 10.6. The summed E-state index contributed by atoms with van der Waals surface area (Å²) in [6, 6.07) is 15.6. The Kier molecular flexibility index (Phi) is 8.44. The number of hydrogen-bond donors (Lipinski definition) is 1. The average Bonchev–Trinajstić information content (AvgIpc) is 2.70. The molecule has 0 spiro atoms. The normalized spacial score (nSPS) is 12.9. The van der Waals surface area contributed by atoms with Crippen LogP contribution in [0.1, 0.15) is 55.9 Å². The van der Waals surface area contributed by atoms with Gasteiger partial charge in [0.2, 0.25) is 11.8 Å². The number of rotatable bonds is 9. The predicted molar refractivity (Wildman–Crippen MR) is 119 cm³/mol. The highest BCUT2D eigenvalue weighted by Gasteiger charge is 2.29. The molecule has 0 aliphatic heterocycles. The van der Waals surface area contributed by atoms with Crippen LogP contribution >= 0.6 is 0 Å². The molecule has 0 saturated heterocycles. The predicted octanol–water partition coefficient (Wildman–Crippen LogP) is 4.57. The van der Waals surface area contributed by atoms with Crippen LogP contribution in [-0.4, -0.2) is 28.8 Å². The summed E-state index contributed by atoms with van der Waals surface area (Å²) in [5.74, 6) is -0.101. The largest absolute Gasteiger partial charge is 0.352 e. The summed E-state index contributed by atoms with van der Waals surface area (Å²) >= 11 is 0. The van der Waals surface area contributed by atoms with E-state index in [0.29, 0.717) is 19.4 Å². The van der Waals surface area contributed by atoms with E-state index in [0.717, 1.165) is 28.7 Å². The summed E-state index contributed by atoms with van der Waals surface area (Å²) in [4.78, 5) is 28.0. The van der Waals surface area contributed by atoms with Gasteiger partial charge < -0.3 is 10.2 Å². The molecule has 1 N–H and O–H groups in total. The van der Waals surface area contributed by atoms with Crippen molar-refractivity contribution in [2.45, 2.75) is 72.5 Å². The fourth-order valence-corrected chi connectivity index (χ4v) is 3.31. The first-order chi connectivity index (χ1) is 13.8. The lowest BCUT2D eigenvalue weighted by atomic mass is 10.0. The zero-order valence-electron chi connectivity index (χ0n) is 18.4. The van der Waals surface area contributed by atoms with Gasteiger partial charge in [-0.25, -0.2) is 0 Å². The number of nitrogens with one attached hydrogen (secondary N) is 1. The molecule has 156 valence electrons. The van der Waals surface area contributed by atoms with Crippen LogP contribution in [0.3, 0.4) is 0 Å². The molecule has 29 heavy (non-hydrogen) atoms. The third-order valence-corrected chi connectivity index (χ3v) is 5.46. The zero-order chi connectivity index (χ0) is 21.4. The molecule has 0 unspecified atom stereocenters. The van der Waals surface area contributed by atoms with Crippen LogP contribution in [0.2, 0.25) is 0 Å². The van der Waals surface area contributed by atoms with E-state index < -0.39 is 6.04 Å². The van der Waals surface area contributed by atoms with E-state index in [1.807, 2.05) is 83.1 Å². The molecule has 0 bridgehead atoms. The van der Waals surface area contributed by atoms with Crippen molar-refractivity contribution in [1.29, 1.82) is 0 Å². The zero-order valence-corrected chi connectivity index (χ0v) is 18.4. The van der Waals surface area contributed by atoms with E-state index in [9.17, 15) is 9.59 Å². The van der Waals surface area contributed by atoms with E-state index in [1.165, 1.54) is 0 Å². The van der Waals surface area contributed by atoms with Crippen molar-refractivity contribution < 1.29 is 9.59 Å². The van der Waals surface area contributed by atoms with E-state index in [2.05, 4.69) is 5.32 Å². The molecule has 0 radical (unpaired) electrons. The molecule has 0 aliphatic rings. The van der Waals surface area contributed by atoms with E-state index >= 15 is 0 Å². The lowest BCUT2D eigenvalue weighted by Gasteiger charge is -2.32. The van der Waals surface area contributed by atoms with Crippen LogP contribution in [-0.2, 0) is 22.6 Å². The summed E-state index contributed by atoms with van der Waals surface area (Å²) in [5.41, 5.74) is 4.32. The van der Waals surface area contributed by atoms with Gasteiger partial charge >= 0.3 is 0 Å². The van der Waals surface area contributed by atoms with E-state index in [4.69, 9.17) is 0 Å². The van der Waals surface area contributed by atoms with Crippen molar-refractivity contribution in [1.82, 2.24) is 10.2 Å². The first-order valence-electron chi connectivity index (χ1n) is 10.6. The van der Waals surface area contributed by atoms with Crippen LogP contribution in [0.15, 0.2) is 48.5 Å². The Morgan fingerprint density at radius 1 is 0.966 bits per heavy atom. The maximum absolute atomic E-state index is 13.3. The molecule has 2 aromatic rings. The van der Waals surface area contributed by atoms with Crippen LogP contribution in [0.5, 0.6) is 0 Å². The highest BCUT2D eigenvalue weighted by molar-refractivity contribution is 5.88. The van der Waals surface area contributed by atoms with E-state index in [-0.39, 0.29) is 17.9 Å². The minimum atomic E-state index is -0.485. The van der Waals surface area contributed by atoms with Gasteiger partial charge in [-0.3, -0.25) is 9.59 Å². The summed E-state index contributed by atoms with van der Waals surface area (Å²) in [5, 5.41) is 3.05. The third-order valence-electron chi connectivity index (χ3n) is 5.46. The summed E-state index contributed by atoms with van der Waals surface area (Å²) < 4.78 is 0. The Labute approximate surface area is 175 Å². The molecule has 2 rings (SSSR count). The Hall–Kier alpha value is -2.62. The van der Waals surface area contributed by atoms with Crippen molar-refractivity contribution >= 4 is 11.8 Å². The minimum Gasteiger partial charge on any atom is -0.352 e. The molecule has 4 nitrogen and oxygen atoms in total. The van der Waals surface area contributed by atoms with Gasteiger partial charge in [0.15, 0.2) is 0 Å². The second-order valence-corrected chi connectivity index (χ2v) is 7.85. The molecule has 0 aromatic heterocycles. The van der Waals surface area contributed by atoms with Gasteiger partial charge in [0.1, 0.15) is 6.04 Å². The van der Waals surface area contributed by atoms with Gasteiger partial charge in [0.25, 0.3) is 0 Å². The number of benzene rings is 2. The van der Waals surface area contributed by atoms with Crippen LogP contribution in [0.4, 0.5) is 0 Å². The summed E-state index contributed by atoms with van der Waals surface area (Å²) in [6.07, 6.45) is 1.73. The lowest BCUT2D eigenvalue weighted by Crippen LogP contribution is -2.51. The van der Waals surface area contributed by atoms with E-state index in [1.54, 1.807) is 4.90 Å². The van der Waals surface area contributed by atoms with Crippen molar-refractivity contribution in [3.05, 3.63) is 70.8 Å². The first kappa shape index (κ1) is 22.7. The fraction of sp³-hybridized carbons (Fsp3) is 0.440. The SMILES string of the molecule is CC[C@H](C)NC(=O)[C@H](CC)N(Cc1ccccc1C)C(=O)Cc1ccc(C)cc1. The quantitative estimate of drug-likeness (QED) is 0.677. The summed E-state index contributed by atoms with van der Waals surface area (Å²) in [6.45, 7) is 10.5. The Balaban J connectivity index is 2.30. The number of nitrogens with zero attached hydrogens (tertiary/aromatic N) is 1. The Morgan fingerprint density at radius 3 is 2.21 bits per heavy atom. The van der Waals surface area contributed by atoms with Gasteiger partial charge in [-0.1, -0.05) is 67.9 Å². The molecular formula is C25H34N2O2. The molecule has 0 aliphatic carbocycles. The van der Waals surface area contributed by atoms with Crippen molar-refractivity contribution in [3.8, 4) is 0 Å². The lowest BCUT2D eigenvalue weighted by molar-refractivity contribution is -0.141. The number of carbonyl (C=O) groups is 2.